The monoisotopic (exact) mass is 242 g/mol. The summed E-state index contributed by atoms with van der Waals surface area (Å²) in [6.45, 7) is 4.90. The first kappa shape index (κ1) is 14.5. The van der Waals surface area contributed by atoms with Crippen molar-refractivity contribution >= 4 is 5.97 Å². The standard InChI is InChI=1S/C13H26N2O2/c1-10(11-6-7-11)15(3)9-5-4-8-13(2,14)12(16)17/h10-11H,4-9,14H2,1-3H3,(H,16,17). The molecule has 1 aliphatic rings. The Morgan fingerprint density at radius 3 is 2.59 bits per heavy atom. The molecule has 2 atom stereocenters. The fourth-order valence-electron chi connectivity index (χ4n) is 2.10. The highest BCUT2D eigenvalue weighted by Gasteiger charge is 2.30. The smallest absolute Gasteiger partial charge is 0.323 e. The van der Waals surface area contributed by atoms with Crippen LogP contribution in [0.25, 0.3) is 0 Å². The fourth-order valence-corrected chi connectivity index (χ4v) is 2.10. The Hall–Kier alpha value is -0.610. The molecule has 0 saturated heterocycles. The number of unbranched alkanes of at least 4 members (excludes halogenated alkanes) is 1. The van der Waals surface area contributed by atoms with Crippen molar-refractivity contribution in [2.75, 3.05) is 13.6 Å². The summed E-state index contributed by atoms with van der Waals surface area (Å²) in [5.74, 6) is -0.0176. The van der Waals surface area contributed by atoms with Gasteiger partial charge in [0.25, 0.3) is 0 Å². The number of carboxylic acids is 1. The third-order valence-electron chi connectivity index (χ3n) is 3.94. The number of hydrogen-bond acceptors (Lipinski definition) is 3. The number of nitrogens with two attached hydrogens (primary N) is 1. The van der Waals surface area contributed by atoms with Gasteiger partial charge in [0, 0.05) is 6.04 Å². The molecule has 0 aliphatic heterocycles. The van der Waals surface area contributed by atoms with Crippen molar-refractivity contribution in [3.8, 4) is 0 Å². The molecular weight excluding hydrogens is 216 g/mol. The van der Waals surface area contributed by atoms with Crippen LogP contribution in [0.15, 0.2) is 0 Å². The first-order valence-corrected chi connectivity index (χ1v) is 6.57. The summed E-state index contributed by atoms with van der Waals surface area (Å²) >= 11 is 0. The second-order valence-corrected chi connectivity index (χ2v) is 5.74. The van der Waals surface area contributed by atoms with Gasteiger partial charge >= 0.3 is 5.97 Å². The fraction of sp³-hybridized carbons (Fsp3) is 0.923. The summed E-state index contributed by atoms with van der Waals surface area (Å²) in [5, 5.41) is 8.88. The minimum atomic E-state index is -1.07. The summed E-state index contributed by atoms with van der Waals surface area (Å²) in [4.78, 5) is 13.2. The summed E-state index contributed by atoms with van der Waals surface area (Å²) in [5.41, 5.74) is 4.61. The molecular formula is C13H26N2O2. The zero-order valence-electron chi connectivity index (χ0n) is 11.3. The Morgan fingerprint density at radius 2 is 2.12 bits per heavy atom. The third kappa shape index (κ3) is 4.64. The van der Waals surface area contributed by atoms with Crippen LogP contribution in [-0.4, -0.2) is 41.1 Å². The molecule has 0 aromatic carbocycles. The summed E-state index contributed by atoms with van der Waals surface area (Å²) in [7, 11) is 2.15. The van der Waals surface area contributed by atoms with E-state index in [4.69, 9.17) is 10.8 Å². The molecule has 2 unspecified atom stereocenters. The van der Waals surface area contributed by atoms with E-state index in [9.17, 15) is 4.79 Å². The maximum absolute atomic E-state index is 10.8. The Kier molecular flexibility index (Phi) is 4.95. The van der Waals surface area contributed by atoms with Crippen LogP contribution >= 0.6 is 0 Å². The van der Waals surface area contributed by atoms with Crippen LogP contribution in [0.1, 0.15) is 46.0 Å². The molecule has 0 bridgehead atoms. The predicted octanol–water partition coefficient (Wildman–Crippen LogP) is 1.69. The normalized spacial score (nSPS) is 21.2. The largest absolute Gasteiger partial charge is 0.480 e. The zero-order valence-corrected chi connectivity index (χ0v) is 11.3. The highest BCUT2D eigenvalue weighted by atomic mass is 16.4. The molecule has 1 fully saturated rings. The topological polar surface area (TPSA) is 66.6 Å². The minimum Gasteiger partial charge on any atom is -0.480 e. The SMILES string of the molecule is CC(C1CC1)N(C)CCCCC(C)(N)C(=O)O. The molecule has 0 spiro atoms. The molecule has 1 aliphatic carbocycles. The molecule has 4 heteroatoms. The van der Waals surface area contributed by atoms with Gasteiger partial charge < -0.3 is 15.7 Å². The van der Waals surface area contributed by atoms with Gasteiger partial charge in [-0.1, -0.05) is 0 Å². The molecule has 1 saturated carbocycles. The van der Waals surface area contributed by atoms with E-state index in [1.165, 1.54) is 12.8 Å². The molecule has 17 heavy (non-hydrogen) atoms. The Labute approximate surface area is 104 Å². The van der Waals surface area contributed by atoms with Gasteiger partial charge in [-0.15, -0.1) is 0 Å². The van der Waals surface area contributed by atoms with Gasteiger partial charge in [0.2, 0.25) is 0 Å². The van der Waals surface area contributed by atoms with E-state index in [2.05, 4.69) is 18.9 Å². The molecule has 4 nitrogen and oxygen atoms in total. The van der Waals surface area contributed by atoms with Gasteiger partial charge in [-0.25, -0.2) is 0 Å². The van der Waals surface area contributed by atoms with Gasteiger partial charge in [-0.2, -0.15) is 0 Å². The lowest BCUT2D eigenvalue weighted by molar-refractivity contribution is -0.142. The quantitative estimate of drug-likeness (QED) is 0.636. The summed E-state index contributed by atoms with van der Waals surface area (Å²) < 4.78 is 0. The van der Waals surface area contributed by atoms with E-state index >= 15 is 0 Å². The molecule has 0 radical (unpaired) electrons. The van der Waals surface area contributed by atoms with E-state index in [1.54, 1.807) is 6.92 Å². The highest BCUT2D eigenvalue weighted by molar-refractivity contribution is 5.77. The average Bonchev–Trinajstić information content (AvgIpc) is 3.06. The lowest BCUT2D eigenvalue weighted by atomic mass is 9.96. The second-order valence-electron chi connectivity index (χ2n) is 5.74. The third-order valence-corrected chi connectivity index (χ3v) is 3.94. The van der Waals surface area contributed by atoms with E-state index < -0.39 is 11.5 Å². The molecule has 0 aromatic rings. The van der Waals surface area contributed by atoms with Crippen LogP contribution < -0.4 is 5.73 Å². The van der Waals surface area contributed by atoms with Crippen molar-refractivity contribution in [2.24, 2.45) is 11.7 Å². The number of rotatable bonds is 8. The maximum atomic E-state index is 10.8. The maximum Gasteiger partial charge on any atom is 0.323 e. The summed E-state index contributed by atoms with van der Waals surface area (Å²) in [6.07, 6.45) is 5.18. The van der Waals surface area contributed by atoms with E-state index in [1.807, 2.05) is 0 Å². The minimum absolute atomic E-state index is 0.550. The predicted molar refractivity (Wildman–Crippen MR) is 68.9 cm³/mol. The first-order valence-electron chi connectivity index (χ1n) is 6.57. The lowest BCUT2D eigenvalue weighted by Crippen LogP contribution is -2.44. The molecule has 1 rings (SSSR count). The average molecular weight is 242 g/mol. The Balaban J connectivity index is 2.13. The van der Waals surface area contributed by atoms with Crippen LogP contribution in [0.3, 0.4) is 0 Å². The van der Waals surface area contributed by atoms with Crippen LogP contribution in [-0.2, 0) is 4.79 Å². The molecule has 0 amide bonds. The van der Waals surface area contributed by atoms with Crippen LogP contribution in [0.2, 0.25) is 0 Å². The van der Waals surface area contributed by atoms with Crippen LogP contribution in [0.5, 0.6) is 0 Å². The van der Waals surface area contributed by atoms with Crippen molar-refractivity contribution in [1.82, 2.24) is 4.90 Å². The van der Waals surface area contributed by atoms with Gasteiger partial charge in [0.1, 0.15) is 5.54 Å². The Morgan fingerprint density at radius 1 is 1.53 bits per heavy atom. The van der Waals surface area contributed by atoms with Crippen LogP contribution in [0, 0.1) is 5.92 Å². The molecule has 100 valence electrons. The van der Waals surface area contributed by atoms with Gasteiger partial charge in [0.15, 0.2) is 0 Å². The van der Waals surface area contributed by atoms with Crippen LogP contribution in [0.4, 0.5) is 0 Å². The molecule has 3 N–H and O–H groups in total. The van der Waals surface area contributed by atoms with Gasteiger partial charge in [-0.3, -0.25) is 4.79 Å². The Bertz CT molecular complexity index is 262. The number of hydrogen-bond donors (Lipinski definition) is 2. The molecule has 0 heterocycles. The van der Waals surface area contributed by atoms with E-state index in [0.717, 1.165) is 25.3 Å². The number of nitrogens with zero attached hydrogens (tertiary/aromatic N) is 1. The van der Waals surface area contributed by atoms with Crippen molar-refractivity contribution < 1.29 is 9.90 Å². The van der Waals surface area contributed by atoms with Crippen molar-refractivity contribution in [1.29, 1.82) is 0 Å². The number of carbonyl (C=O) groups is 1. The van der Waals surface area contributed by atoms with Gasteiger partial charge in [0.05, 0.1) is 0 Å². The zero-order chi connectivity index (χ0) is 13.1. The van der Waals surface area contributed by atoms with Crippen molar-refractivity contribution in [2.45, 2.75) is 57.5 Å². The van der Waals surface area contributed by atoms with Crippen molar-refractivity contribution in [3.05, 3.63) is 0 Å². The van der Waals surface area contributed by atoms with E-state index in [-0.39, 0.29) is 0 Å². The van der Waals surface area contributed by atoms with Crippen molar-refractivity contribution in [3.63, 3.8) is 0 Å². The second kappa shape index (κ2) is 5.83. The lowest BCUT2D eigenvalue weighted by Gasteiger charge is -2.25. The number of aliphatic carboxylic acids is 1. The highest BCUT2D eigenvalue weighted by Crippen LogP contribution is 2.34. The first-order chi connectivity index (χ1) is 7.84. The number of carboxylic acid groups (broad SMARTS) is 1. The molecule has 0 aromatic heterocycles. The summed E-state index contributed by atoms with van der Waals surface area (Å²) in [6, 6.07) is 0.665. The van der Waals surface area contributed by atoms with Gasteiger partial charge in [-0.05, 0) is 65.5 Å². The van der Waals surface area contributed by atoms with E-state index in [0.29, 0.717) is 12.5 Å².